The van der Waals surface area contributed by atoms with E-state index in [1.165, 1.54) is 14.0 Å². The Morgan fingerprint density at radius 2 is 1.82 bits per heavy atom. The van der Waals surface area contributed by atoms with E-state index >= 15 is 0 Å². The van der Waals surface area contributed by atoms with Gasteiger partial charge in [-0.05, 0) is 36.3 Å². The van der Waals surface area contributed by atoms with Gasteiger partial charge in [-0.3, -0.25) is 9.59 Å². The third-order valence-electron chi connectivity index (χ3n) is 4.91. The van der Waals surface area contributed by atoms with Crippen molar-refractivity contribution in [1.82, 2.24) is 5.32 Å². The van der Waals surface area contributed by atoms with Crippen LogP contribution in [0, 0.1) is 0 Å². The molecule has 0 radical (unpaired) electrons. The van der Waals surface area contributed by atoms with Crippen LogP contribution in [0.4, 0.5) is 5.69 Å². The Morgan fingerprint density at radius 3 is 2.36 bits per heavy atom. The molecular weight excluding hydrogens is 376 g/mol. The van der Waals surface area contributed by atoms with Gasteiger partial charge in [-0.1, -0.05) is 26.8 Å². The largest absolute Gasteiger partial charge is 0.467 e. The average molecular weight is 409 g/mol. The van der Waals surface area contributed by atoms with Crippen LogP contribution in [0.25, 0.3) is 0 Å². The highest BCUT2D eigenvalue weighted by Gasteiger charge is 2.37. The molecule has 0 bridgehead atoms. The van der Waals surface area contributed by atoms with Gasteiger partial charge in [-0.25, -0.2) is 4.79 Å². The van der Waals surface area contributed by atoms with E-state index < -0.39 is 26.2 Å². The molecule has 0 saturated heterocycles. The highest BCUT2D eigenvalue weighted by molar-refractivity contribution is 6.74. The molecule has 1 aromatic rings. The number of amides is 2. The van der Waals surface area contributed by atoms with Gasteiger partial charge in [0.15, 0.2) is 8.32 Å². The Morgan fingerprint density at radius 1 is 1.18 bits per heavy atom. The van der Waals surface area contributed by atoms with Gasteiger partial charge < -0.3 is 19.8 Å². The highest BCUT2D eigenvalue weighted by atomic mass is 28.4. The summed E-state index contributed by atoms with van der Waals surface area (Å²) < 4.78 is 10.9. The van der Waals surface area contributed by atoms with Crippen molar-refractivity contribution in [2.24, 2.45) is 0 Å². The lowest BCUT2D eigenvalue weighted by atomic mass is 10.1. The molecule has 2 N–H and O–H groups in total. The summed E-state index contributed by atoms with van der Waals surface area (Å²) in [7, 11) is -0.663. The number of nitrogens with one attached hydrogen (secondary N) is 2. The van der Waals surface area contributed by atoms with E-state index in [9.17, 15) is 14.4 Å². The fraction of sp³-hybridized carbons (Fsp3) is 0.550. The fourth-order valence-corrected chi connectivity index (χ4v) is 3.28. The van der Waals surface area contributed by atoms with Crippen molar-refractivity contribution in [3.8, 4) is 0 Å². The van der Waals surface area contributed by atoms with Crippen molar-refractivity contribution in [2.75, 3.05) is 19.0 Å². The van der Waals surface area contributed by atoms with Crippen LogP contribution in [-0.2, 0) is 18.8 Å². The van der Waals surface area contributed by atoms with Gasteiger partial charge in [0, 0.05) is 31.2 Å². The zero-order valence-electron chi connectivity index (χ0n) is 17.8. The topological polar surface area (TPSA) is 93.7 Å². The van der Waals surface area contributed by atoms with Crippen LogP contribution in [0.5, 0.6) is 0 Å². The summed E-state index contributed by atoms with van der Waals surface area (Å²) in [5.74, 6) is -1.17. The van der Waals surface area contributed by atoms with Crippen LogP contribution < -0.4 is 10.6 Å². The predicted octanol–water partition coefficient (Wildman–Crippen LogP) is 3.33. The minimum Gasteiger partial charge on any atom is -0.467 e. The quantitative estimate of drug-likeness (QED) is 0.508. The molecule has 1 atom stereocenters. The van der Waals surface area contributed by atoms with E-state index in [1.807, 2.05) is 0 Å². The minimum absolute atomic E-state index is 0.0567. The lowest BCUT2D eigenvalue weighted by molar-refractivity contribution is -0.143. The first-order chi connectivity index (χ1) is 12.9. The Balaban J connectivity index is 2.80. The first-order valence-corrected chi connectivity index (χ1v) is 12.2. The number of anilines is 1. The summed E-state index contributed by atoms with van der Waals surface area (Å²) in [6, 6.07) is 5.70. The number of hydrogen-bond acceptors (Lipinski definition) is 5. The second-order valence-corrected chi connectivity index (χ2v) is 13.0. The Hall–Kier alpha value is -2.19. The van der Waals surface area contributed by atoms with Gasteiger partial charge >= 0.3 is 5.97 Å². The van der Waals surface area contributed by atoms with E-state index in [2.05, 4.69) is 44.5 Å². The molecule has 0 aliphatic rings. The summed E-state index contributed by atoms with van der Waals surface area (Å²) in [5.41, 5.74) is 0.849. The first kappa shape index (κ1) is 23.8. The number of methoxy groups -OCH3 is 1. The zero-order chi connectivity index (χ0) is 21.5. The molecule has 0 fully saturated rings. The average Bonchev–Trinajstić information content (AvgIpc) is 2.58. The maximum Gasteiger partial charge on any atom is 0.328 e. The van der Waals surface area contributed by atoms with Gasteiger partial charge in [0.25, 0.3) is 5.91 Å². The standard InChI is InChI=1S/C20H32N2O5Si/c1-14(23)21-16-10-8-9-15(13-16)18(24)22-17(19(25)26-5)11-12-27-28(6,7)20(2,3)4/h8-10,13,17H,11-12H2,1-7H3,(H,21,23)(H,22,24)/t17-/m1/s1. The van der Waals surface area contributed by atoms with Gasteiger partial charge in [-0.2, -0.15) is 0 Å². The second kappa shape index (κ2) is 9.84. The van der Waals surface area contributed by atoms with Crippen LogP contribution in [0.2, 0.25) is 18.1 Å². The predicted molar refractivity (Wildman–Crippen MR) is 112 cm³/mol. The number of ether oxygens (including phenoxy) is 1. The van der Waals surface area contributed by atoms with Crippen LogP contribution in [-0.4, -0.2) is 45.9 Å². The molecule has 156 valence electrons. The molecule has 7 nitrogen and oxygen atoms in total. The maximum atomic E-state index is 12.6. The molecule has 28 heavy (non-hydrogen) atoms. The lowest BCUT2D eigenvalue weighted by Crippen LogP contribution is -2.45. The normalized spacial score (nSPS) is 12.8. The number of hydrogen-bond donors (Lipinski definition) is 2. The van der Waals surface area contributed by atoms with E-state index in [4.69, 9.17) is 9.16 Å². The Bertz CT molecular complexity index is 713. The lowest BCUT2D eigenvalue weighted by Gasteiger charge is -2.36. The number of esters is 1. The van der Waals surface area contributed by atoms with Gasteiger partial charge in [-0.15, -0.1) is 0 Å². The molecular formula is C20H32N2O5Si. The molecule has 2 amide bonds. The molecule has 0 aromatic heterocycles. The fourth-order valence-electron chi connectivity index (χ4n) is 2.22. The number of benzene rings is 1. The van der Waals surface area contributed by atoms with Gasteiger partial charge in [0.1, 0.15) is 6.04 Å². The molecule has 0 unspecified atom stereocenters. The third-order valence-corrected chi connectivity index (χ3v) is 9.45. The van der Waals surface area contributed by atoms with Crippen molar-refractivity contribution in [3.63, 3.8) is 0 Å². The van der Waals surface area contributed by atoms with E-state index in [-0.39, 0.29) is 10.9 Å². The first-order valence-electron chi connectivity index (χ1n) is 9.27. The summed E-state index contributed by atoms with van der Waals surface area (Å²) >= 11 is 0. The van der Waals surface area contributed by atoms with E-state index in [0.29, 0.717) is 24.3 Å². The monoisotopic (exact) mass is 408 g/mol. The summed E-state index contributed by atoms with van der Waals surface area (Å²) in [6.07, 6.45) is 0.316. The van der Waals surface area contributed by atoms with Gasteiger partial charge in [0.2, 0.25) is 5.91 Å². The van der Waals surface area contributed by atoms with Crippen LogP contribution in [0.15, 0.2) is 24.3 Å². The summed E-state index contributed by atoms with van der Waals surface area (Å²) in [6.45, 7) is 12.4. The molecule has 1 aromatic carbocycles. The number of rotatable bonds is 8. The van der Waals surface area contributed by atoms with Crippen molar-refractivity contribution in [3.05, 3.63) is 29.8 Å². The Labute approximate surface area is 168 Å². The van der Waals surface area contributed by atoms with Crippen LogP contribution in [0.3, 0.4) is 0 Å². The van der Waals surface area contributed by atoms with Crippen LogP contribution >= 0.6 is 0 Å². The third kappa shape index (κ3) is 7.08. The summed E-state index contributed by atoms with van der Waals surface area (Å²) in [4.78, 5) is 35.9. The molecule has 0 aliphatic carbocycles. The number of carbonyl (C=O) groups is 3. The molecule has 1 rings (SSSR count). The minimum atomic E-state index is -1.95. The maximum absolute atomic E-state index is 12.6. The highest BCUT2D eigenvalue weighted by Crippen LogP contribution is 2.36. The van der Waals surface area contributed by atoms with Gasteiger partial charge in [0.05, 0.1) is 7.11 Å². The molecule has 0 aliphatic heterocycles. The van der Waals surface area contributed by atoms with Crippen molar-refractivity contribution in [1.29, 1.82) is 0 Å². The van der Waals surface area contributed by atoms with Crippen molar-refractivity contribution < 1.29 is 23.5 Å². The SMILES string of the molecule is COC(=O)[C@@H](CCO[Si](C)(C)C(C)(C)C)NC(=O)c1cccc(NC(C)=O)c1. The van der Waals surface area contributed by atoms with Crippen molar-refractivity contribution >= 4 is 31.8 Å². The molecule has 0 spiro atoms. The van der Waals surface area contributed by atoms with E-state index in [1.54, 1.807) is 24.3 Å². The number of carbonyl (C=O) groups excluding carboxylic acids is 3. The smallest absolute Gasteiger partial charge is 0.328 e. The van der Waals surface area contributed by atoms with E-state index in [0.717, 1.165) is 0 Å². The van der Waals surface area contributed by atoms with Crippen LogP contribution in [0.1, 0.15) is 44.5 Å². The Kier molecular flexibility index (Phi) is 8.38. The molecule has 0 heterocycles. The molecule has 8 heteroatoms. The molecule has 0 saturated carbocycles. The van der Waals surface area contributed by atoms with Crippen molar-refractivity contribution in [2.45, 2.75) is 58.3 Å². The zero-order valence-corrected chi connectivity index (χ0v) is 18.8. The second-order valence-electron chi connectivity index (χ2n) is 8.21. The summed E-state index contributed by atoms with van der Waals surface area (Å²) in [5, 5.41) is 5.38.